The third-order valence-corrected chi connectivity index (χ3v) is 6.10. The van der Waals surface area contributed by atoms with Gasteiger partial charge >= 0.3 is 0 Å². The summed E-state index contributed by atoms with van der Waals surface area (Å²) in [4.78, 5) is 2.33. The molecule has 2 aromatic rings. The standard InChI is InChI=1S/C22H25NO6/c1-23-8-7-12-9-16(24-2)17(25-3)10-14(12)20-19(23)13-5-6-15-21(28-11-27-15)18(13)22(26-4)29-20/h5-6,9-10,19-20,22H,7-8,11H2,1-4H3/t19-,20?,22+/m1/s1. The molecule has 0 fully saturated rings. The van der Waals surface area contributed by atoms with E-state index in [1.54, 1.807) is 21.3 Å². The lowest BCUT2D eigenvalue weighted by Crippen LogP contribution is -2.35. The summed E-state index contributed by atoms with van der Waals surface area (Å²) in [6.45, 7) is 1.10. The summed E-state index contributed by atoms with van der Waals surface area (Å²) in [6.07, 6.45) is 0.130. The minimum Gasteiger partial charge on any atom is -0.493 e. The molecule has 0 saturated heterocycles. The summed E-state index contributed by atoms with van der Waals surface area (Å²) in [5.41, 5.74) is 4.35. The van der Waals surface area contributed by atoms with Crippen molar-refractivity contribution in [1.29, 1.82) is 0 Å². The number of hydrogen-bond donors (Lipinski definition) is 0. The van der Waals surface area contributed by atoms with Crippen LogP contribution in [-0.4, -0.2) is 46.6 Å². The number of benzene rings is 2. The van der Waals surface area contributed by atoms with E-state index < -0.39 is 6.29 Å². The van der Waals surface area contributed by atoms with Crippen LogP contribution in [0.5, 0.6) is 23.0 Å². The Bertz CT molecular complexity index is 945. The number of rotatable bonds is 3. The molecular formula is C22H25NO6. The maximum atomic E-state index is 6.55. The molecule has 1 unspecified atom stereocenters. The molecule has 7 nitrogen and oxygen atoms in total. The van der Waals surface area contributed by atoms with Crippen molar-refractivity contribution in [2.75, 3.05) is 41.7 Å². The second-order valence-electron chi connectivity index (χ2n) is 7.51. The van der Waals surface area contributed by atoms with Crippen LogP contribution < -0.4 is 18.9 Å². The summed E-state index contributed by atoms with van der Waals surface area (Å²) in [7, 11) is 7.09. The average molecular weight is 399 g/mol. The number of likely N-dealkylation sites (N-methyl/N-ethyl adjacent to an activating group) is 1. The van der Waals surface area contributed by atoms with E-state index in [2.05, 4.69) is 24.1 Å². The highest BCUT2D eigenvalue weighted by Crippen LogP contribution is 2.55. The van der Waals surface area contributed by atoms with Gasteiger partial charge in [0, 0.05) is 13.7 Å². The van der Waals surface area contributed by atoms with Gasteiger partial charge in [-0.25, -0.2) is 0 Å². The van der Waals surface area contributed by atoms with Crippen LogP contribution in [0.1, 0.15) is 40.7 Å². The van der Waals surface area contributed by atoms with E-state index in [9.17, 15) is 0 Å². The molecule has 3 aliphatic rings. The van der Waals surface area contributed by atoms with Crippen molar-refractivity contribution < 1.29 is 28.4 Å². The molecule has 0 radical (unpaired) electrons. The Morgan fingerprint density at radius 3 is 2.55 bits per heavy atom. The molecule has 0 bridgehead atoms. The van der Waals surface area contributed by atoms with Gasteiger partial charge in [-0.1, -0.05) is 6.07 Å². The van der Waals surface area contributed by atoms with E-state index in [1.807, 2.05) is 12.1 Å². The van der Waals surface area contributed by atoms with Crippen LogP contribution in [0.25, 0.3) is 0 Å². The first-order valence-corrected chi connectivity index (χ1v) is 9.72. The Balaban J connectivity index is 1.69. The molecule has 0 saturated carbocycles. The van der Waals surface area contributed by atoms with Gasteiger partial charge in [-0.2, -0.15) is 0 Å². The first kappa shape index (κ1) is 18.5. The lowest BCUT2D eigenvalue weighted by atomic mass is 9.87. The zero-order chi connectivity index (χ0) is 20.1. The maximum Gasteiger partial charge on any atom is 0.231 e. The number of ether oxygens (including phenoxy) is 6. The third kappa shape index (κ3) is 2.76. The van der Waals surface area contributed by atoms with E-state index in [1.165, 1.54) is 5.56 Å². The monoisotopic (exact) mass is 399 g/mol. The lowest BCUT2D eigenvalue weighted by Gasteiger charge is -2.41. The van der Waals surface area contributed by atoms with Crippen molar-refractivity contribution in [1.82, 2.24) is 4.90 Å². The molecular weight excluding hydrogens is 374 g/mol. The molecule has 3 aliphatic heterocycles. The maximum absolute atomic E-state index is 6.55. The highest BCUT2D eigenvalue weighted by molar-refractivity contribution is 5.56. The largest absolute Gasteiger partial charge is 0.493 e. The fraction of sp³-hybridized carbons (Fsp3) is 0.455. The van der Waals surface area contributed by atoms with Gasteiger partial charge in [0.05, 0.1) is 25.8 Å². The fourth-order valence-corrected chi connectivity index (χ4v) is 4.69. The van der Waals surface area contributed by atoms with Crippen molar-refractivity contribution >= 4 is 0 Å². The molecule has 7 heteroatoms. The first-order chi connectivity index (χ1) is 14.2. The quantitative estimate of drug-likeness (QED) is 0.784. The SMILES string of the molecule is COc1cc2c(cc1OC)C1O[C@H](OC)c3c(ccc4c3OCO4)[C@H]1N(C)CC2. The van der Waals surface area contributed by atoms with Crippen LogP contribution in [-0.2, 0) is 15.9 Å². The predicted octanol–water partition coefficient (Wildman–Crippen LogP) is 3.38. The predicted molar refractivity (Wildman–Crippen MR) is 105 cm³/mol. The second kappa shape index (κ2) is 7.09. The molecule has 3 atom stereocenters. The van der Waals surface area contributed by atoms with E-state index in [0.29, 0.717) is 5.75 Å². The topological polar surface area (TPSA) is 58.6 Å². The van der Waals surface area contributed by atoms with E-state index in [4.69, 9.17) is 28.4 Å². The smallest absolute Gasteiger partial charge is 0.231 e. The van der Waals surface area contributed by atoms with Crippen LogP contribution in [0.4, 0.5) is 0 Å². The summed E-state index contributed by atoms with van der Waals surface area (Å²) < 4.78 is 34.7. The van der Waals surface area contributed by atoms with Gasteiger partial charge in [-0.05, 0) is 48.4 Å². The molecule has 29 heavy (non-hydrogen) atoms. The molecule has 0 N–H and O–H groups in total. The van der Waals surface area contributed by atoms with Crippen LogP contribution in [0.15, 0.2) is 24.3 Å². The van der Waals surface area contributed by atoms with Crippen LogP contribution in [0.2, 0.25) is 0 Å². The minimum atomic E-state index is -0.546. The Hall–Kier alpha value is -2.48. The summed E-state index contributed by atoms with van der Waals surface area (Å²) in [5.74, 6) is 2.88. The van der Waals surface area contributed by atoms with Crippen molar-refractivity contribution in [3.8, 4) is 23.0 Å². The van der Waals surface area contributed by atoms with Crippen molar-refractivity contribution in [2.24, 2.45) is 0 Å². The average Bonchev–Trinajstić information content (AvgIpc) is 3.19. The van der Waals surface area contributed by atoms with E-state index >= 15 is 0 Å². The Morgan fingerprint density at radius 1 is 1.00 bits per heavy atom. The summed E-state index contributed by atoms with van der Waals surface area (Å²) >= 11 is 0. The highest BCUT2D eigenvalue weighted by atomic mass is 16.7. The van der Waals surface area contributed by atoms with Gasteiger partial charge in [-0.3, -0.25) is 4.90 Å². The molecule has 5 rings (SSSR count). The van der Waals surface area contributed by atoms with Crippen LogP contribution in [0, 0.1) is 0 Å². The lowest BCUT2D eigenvalue weighted by molar-refractivity contribution is -0.190. The van der Waals surface area contributed by atoms with Gasteiger partial charge in [0.1, 0.15) is 6.10 Å². The zero-order valence-electron chi connectivity index (χ0n) is 17.1. The Morgan fingerprint density at radius 2 is 1.79 bits per heavy atom. The number of hydrogen-bond acceptors (Lipinski definition) is 7. The van der Waals surface area contributed by atoms with Gasteiger partial charge in [0.25, 0.3) is 0 Å². The van der Waals surface area contributed by atoms with E-state index in [0.717, 1.165) is 46.9 Å². The first-order valence-electron chi connectivity index (χ1n) is 9.72. The summed E-state index contributed by atoms with van der Waals surface area (Å²) in [6, 6.07) is 8.20. The third-order valence-electron chi connectivity index (χ3n) is 6.10. The Kier molecular flexibility index (Phi) is 4.53. The van der Waals surface area contributed by atoms with Gasteiger partial charge in [0.2, 0.25) is 6.79 Å². The number of methoxy groups -OCH3 is 3. The van der Waals surface area contributed by atoms with Gasteiger partial charge in [0.15, 0.2) is 29.3 Å². The Labute approximate surface area is 170 Å². The second-order valence-corrected chi connectivity index (χ2v) is 7.51. The normalized spacial score (nSPS) is 24.9. The molecule has 0 amide bonds. The zero-order valence-corrected chi connectivity index (χ0v) is 17.1. The van der Waals surface area contributed by atoms with Crippen molar-refractivity contribution in [3.05, 3.63) is 46.5 Å². The fourth-order valence-electron chi connectivity index (χ4n) is 4.69. The molecule has 3 heterocycles. The highest BCUT2D eigenvalue weighted by Gasteiger charge is 2.44. The van der Waals surface area contributed by atoms with Crippen LogP contribution >= 0.6 is 0 Å². The summed E-state index contributed by atoms with van der Waals surface area (Å²) in [5, 5.41) is 0. The number of nitrogens with zero attached hydrogens (tertiary/aromatic N) is 1. The molecule has 0 spiro atoms. The van der Waals surface area contributed by atoms with Crippen LogP contribution in [0.3, 0.4) is 0 Å². The van der Waals surface area contributed by atoms with Crippen molar-refractivity contribution in [2.45, 2.75) is 24.9 Å². The molecule has 2 aromatic carbocycles. The number of fused-ring (bicyclic) bond motifs is 7. The molecule has 154 valence electrons. The minimum absolute atomic E-state index is 0.0188. The van der Waals surface area contributed by atoms with Gasteiger partial charge in [-0.15, -0.1) is 0 Å². The molecule has 0 aliphatic carbocycles. The molecule has 0 aromatic heterocycles. The van der Waals surface area contributed by atoms with Gasteiger partial charge < -0.3 is 28.4 Å². The van der Waals surface area contributed by atoms with E-state index in [-0.39, 0.29) is 18.9 Å². The van der Waals surface area contributed by atoms with Crippen molar-refractivity contribution in [3.63, 3.8) is 0 Å².